The van der Waals surface area contributed by atoms with Gasteiger partial charge in [0.15, 0.2) is 0 Å². The summed E-state index contributed by atoms with van der Waals surface area (Å²) in [5.74, 6) is 2.12. The zero-order chi connectivity index (χ0) is 17.8. The van der Waals surface area contributed by atoms with E-state index in [0.717, 1.165) is 37.4 Å². The number of primary amides is 1. The van der Waals surface area contributed by atoms with Gasteiger partial charge in [-0.05, 0) is 44.4 Å². The van der Waals surface area contributed by atoms with Crippen LogP contribution in [0.2, 0.25) is 0 Å². The maximum absolute atomic E-state index is 11.0. The third-order valence-electron chi connectivity index (χ3n) is 5.35. The molecule has 0 bridgehead atoms. The fourth-order valence-electron chi connectivity index (χ4n) is 4.05. The number of anilines is 2. The van der Waals surface area contributed by atoms with Crippen molar-refractivity contribution in [3.63, 3.8) is 0 Å². The van der Waals surface area contributed by atoms with Gasteiger partial charge in [0.05, 0.1) is 5.69 Å². The van der Waals surface area contributed by atoms with Crippen molar-refractivity contribution in [2.45, 2.75) is 57.4 Å². The van der Waals surface area contributed by atoms with Gasteiger partial charge in [-0.3, -0.25) is 0 Å². The van der Waals surface area contributed by atoms with Gasteiger partial charge in [0.1, 0.15) is 5.82 Å². The molecule has 1 aromatic heterocycles. The summed E-state index contributed by atoms with van der Waals surface area (Å²) in [7, 11) is 4.09. The number of carbonyl (C=O) groups excluding carboxylic acids is 1. The number of rotatable bonds is 5. The topological polar surface area (TPSA) is 96.2 Å². The summed E-state index contributed by atoms with van der Waals surface area (Å²) in [5.41, 5.74) is 7.73. The molecule has 0 aromatic carbocycles. The van der Waals surface area contributed by atoms with Gasteiger partial charge in [-0.2, -0.15) is 4.98 Å². The molecule has 3 rings (SSSR count). The summed E-state index contributed by atoms with van der Waals surface area (Å²) in [4.78, 5) is 22.8. The first-order chi connectivity index (χ1) is 12.0. The monoisotopic (exact) mass is 382 g/mol. The Morgan fingerprint density at radius 3 is 2.62 bits per heavy atom. The van der Waals surface area contributed by atoms with E-state index in [1.165, 1.54) is 36.9 Å². The number of hydrogen-bond acceptors (Lipinski definition) is 5. The number of urea groups is 1. The lowest BCUT2D eigenvalue weighted by atomic mass is 9.84. The van der Waals surface area contributed by atoms with Crippen LogP contribution in [-0.2, 0) is 12.8 Å². The molecule has 4 N–H and O–H groups in total. The molecule has 7 nitrogen and oxygen atoms in total. The number of halogens is 1. The zero-order valence-corrected chi connectivity index (χ0v) is 16.6. The molecule has 1 fully saturated rings. The van der Waals surface area contributed by atoms with Gasteiger partial charge in [-0.25, -0.2) is 9.78 Å². The second kappa shape index (κ2) is 9.26. The van der Waals surface area contributed by atoms with Crippen molar-refractivity contribution in [1.29, 1.82) is 0 Å². The van der Waals surface area contributed by atoms with E-state index in [9.17, 15) is 4.79 Å². The van der Waals surface area contributed by atoms with Crippen LogP contribution in [0, 0.1) is 5.92 Å². The van der Waals surface area contributed by atoms with Crippen LogP contribution in [0.5, 0.6) is 0 Å². The highest BCUT2D eigenvalue weighted by molar-refractivity contribution is 5.85. The third kappa shape index (κ3) is 4.90. The number of carbonyl (C=O) groups is 1. The fraction of sp³-hybridized carbons (Fsp3) is 0.722. The minimum absolute atomic E-state index is 0. The normalized spacial score (nSPS) is 21.9. The Morgan fingerprint density at radius 2 is 1.88 bits per heavy atom. The van der Waals surface area contributed by atoms with Crippen LogP contribution in [0.25, 0.3) is 0 Å². The second-order valence-corrected chi connectivity index (χ2v) is 7.44. The third-order valence-corrected chi connectivity index (χ3v) is 5.35. The largest absolute Gasteiger partial charge is 0.362 e. The standard InChI is InChI=1S/C18H30N6O.ClH/c1-24(2)16-13-8-4-6-10-15(13)22-18(23-16)21-14-9-5-3-7-12(14)11-20-17(19)25;/h12,14H,3-11H2,1-2H3,(H3,19,20,25)(H,21,22,23);1H. The molecule has 2 aliphatic rings. The number of amides is 2. The number of nitrogens with zero attached hydrogens (tertiary/aromatic N) is 3. The van der Waals surface area contributed by atoms with E-state index in [4.69, 9.17) is 15.7 Å². The molecule has 0 spiro atoms. The molecule has 1 heterocycles. The van der Waals surface area contributed by atoms with Crippen LogP contribution >= 0.6 is 12.4 Å². The lowest BCUT2D eigenvalue weighted by molar-refractivity contribution is 0.242. The fourth-order valence-corrected chi connectivity index (χ4v) is 4.05. The molecule has 146 valence electrons. The van der Waals surface area contributed by atoms with Crippen LogP contribution in [0.1, 0.15) is 49.8 Å². The molecule has 2 atom stereocenters. The van der Waals surface area contributed by atoms with Gasteiger partial charge in [0, 0.05) is 32.2 Å². The predicted octanol–water partition coefficient (Wildman–Crippen LogP) is 2.48. The van der Waals surface area contributed by atoms with Crippen molar-refractivity contribution in [1.82, 2.24) is 15.3 Å². The van der Waals surface area contributed by atoms with E-state index in [1.54, 1.807) is 0 Å². The van der Waals surface area contributed by atoms with Gasteiger partial charge in [0.2, 0.25) is 5.95 Å². The maximum atomic E-state index is 11.0. The summed E-state index contributed by atoms with van der Waals surface area (Å²) in [6, 6.07) is -0.179. The summed E-state index contributed by atoms with van der Waals surface area (Å²) in [5, 5.41) is 6.32. The minimum Gasteiger partial charge on any atom is -0.362 e. The van der Waals surface area contributed by atoms with Gasteiger partial charge in [-0.1, -0.05) is 12.8 Å². The summed E-state index contributed by atoms with van der Waals surface area (Å²) < 4.78 is 0. The van der Waals surface area contributed by atoms with E-state index >= 15 is 0 Å². The summed E-state index contributed by atoms with van der Waals surface area (Å²) >= 11 is 0. The number of aromatic nitrogens is 2. The molecular weight excluding hydrogens is 352 g/mol. The number of fused-ring (bicyclic) bond motifs is 1. The van der Waals surface area contributed by atoms with Gasteiger partial charge >= 0.3 is 6.03 Å². The Kier molecular flexibility index (Phi) is 7.32. The van der Waals surface area contributed by atoms with Crippen molar-refractivity contribution in [3.8, 4) is 0 Å². The molecular formula is C18H31ClN6O. The smallest absolute Gasteiger partial charge is 0.312 e. The Balaban J connectivity index is 0.00000243. The van der Waals surface area contributed by atoms with Crippen LogP contribution in [0.15, 0.2) is 0 Å². The number of nitrogens with two attached hydrogens (primary N) is 1. The molecule has 2 unspecified atom stereocenters. The Labute approximate surface area is 161 Å². The molecule has 2 aliphatic carbocycles. The highest BCUT2D eigenvalue weighted by Gasteiger charge is 2.27. The van der Waals surface area contributed by atoms with E-state index < -0.39 is 6.03 Å². The zero-order valence-electron chi connectivity index (χ0n) is 15.8. The average Bonchev–Trinajstić information content (AvgIpc) is 2.60. The highest BCUT2D eigenvalue weighted by atomic mass is 35.5. The van der Waals surface area contributed by atoms with Crippen LogP contribution < -0.4 is 21.3 Å². The molecule has 0 saturated heterocycles. The van der Waals surface area contributed by atoms with E-state index in [1.807, 2.05) is 14.1 Å². The van der Waals surface area contributed by atoms with Crippen molar-refractivity contribution in [2.24, 2.45) is 11.7 Å². The lowest BCUT2D eigenvalue weighted by Gasteiger charge is -2.33. The summed E-state index contributed by atoms with van der Waals surface area (Å²) in [6.07, 6.45) is 9.06. The summed E-state index contributed by atoms with van der Waals surface area (Å²) in [6.45, 7) is 0.610. The predicted molar refractivity (Wildman–Crippen MR) is 107 cm³/mol. The van der Waals surface area contributed by atoms with Crippen molar-refractivity contribution < 1.29 is 4.79 Å². The van der Waals surface area contributed by atoms with Gasteiger partial charge in [-0.15, -0.1) is 12.4 Å². The lowest BCUT2D eigenvalue weighted by Crippen LogP contribution is -2.42. The SMILES string of the molecule is CN(C)c1nc(NC2CCCCC2CNC(N)=O)nc2c1CCCC2.Cl. The van der Waals surface area contributed by atoms with Gasteiger partial charge in [0.25, 0.3) is 0 Å². The molecule has 8 heteroatoms. The quantitative estimate of drug-likeness (QED) is 0.727. The molecule has 0 aliphatic heterocycles. The average molecular weight is 383 g/mol. The molecule has 0 radical (unpaired) electrons. The first kappa shape index (κ1) is 20.6. The number of aryl methyl sites for hydroxylation is 1. The molecule has 1 aromatic rings. The van der Waals surface area contributed by atoms with Gasteiger partial charge < -0.3 is 21.3 Å². The Hall–Kier alpha value is -1.76. The first-order valence-electron chi connectivity index (χ1n) is 9.41. The van der Waals surface area contributed by atoms with Crippen molar-refractivity contribution in [3.05, 3.63) is 11.3 Å². The number of nitrogens with one attached hydrogen (secondary N) is 2. The Bertz CT molecular complexity index is 624. The van der Waals surface area contributed by atoms with E-state index in [2.05, 4.69) is 15.5 Å². The van der Waals surface area contributed by atoms with Crippen molar-refractivity contribution >= 4 is 30.2 Å². The second-order valence-electron chi connectivity index (χ2n) is 7.44. The van der Waals surface area contributed by atoms with Crippen LogP contribution in [0.3, 0.4) is 0 Å². The van der Waals surface area contributed by atoms with Crippen LogP contribution in [0.4, 0.5) is 16.6 Å². The molecule has 26 heavy (non-hydrogen) atoms. The highest BCUT2D eigenvalue weighted by Crippen LogP contribution is 2.30. The molecule has 1 saturated carbocycles. The Morgan fingerprint density at radius 1 is 1.15 bits per heavy atom. The van der Waals surface area contributed by atoms with Crippen LogP contribution in [-0.4, -0.2) is 42.7 Å². The molecule has 2 amide bonds. The maximum Gasteiger partial charge on any atom is 0.312 e. The minimum atomic E-state index is -0.454. The first-order valence-corrected chi connectivity index (χ1v) is 9.41. The van der Waals surface area contributed by atoms with Crippen molar-refractivity contribution in [2.75, 3.05) is 30.9 Å². The van der Waals surface area contributed by atoms with E-state index in [0.29, 0.717) is 12.5 Å². The number of hydrogen-bond donors (Lipinski definition) is 3. The van der Waals surface area contributed by atoms with E-state index in [-0.39, 0.29) is 18.4 Å².